The van der Waals surface area contributed by atoms with Crippen LogP contribution in [-0.2, 0) is 6.54 Å². The van der Waals surface area contributed by atoms with Crippen molar-refractivity contribution in [2.75, 3.05) is 5.73 Å². The lowest BCUT2D eigenvalue weighted by atomic mass is 10.2. The molecule has 6 heteroatoms. The third kappa shape index (κ3) is 3.29. The lowest BCUT2D eigenvalue weighted by molar-refractivity contribution is 0.0946. The summed E-state index contributed by atoms with van der Waals surface area (Å²) >= 11 is 1.42. The van der Waals surface area contributed by atoms with Gasteiger partial charge in [0.05, 0.1) is 0 Å². The minimum atomic E-state index is -0.199. The maximum absolute atomic E-state index is 12.1. The topological polar surface area (TPSA) is 80.9 Å². The molecular weight excluding hydrogens is 296 g/mol. The molecule has 2 heterocycles. The lowest BCUT2D eigenvalue weighted by Gasteiger charge is -2.02. The second-order valence-corrected chi connectivity index (χ2v) is 5.57. The van der Waals surface area contributed by atoms with Crippen molar-refractivity contribution < 1.29 is 4.79 Å². The van der Waals surface area contributed by atoms with Gasteiger partial charge in [0, 0.05) is 35.6 Å². The number of nitrogen functional groups attached to an aromatic ring is 1. The summed E-state index contributed by atoms with van der Waals surface area (Å²) in [5.41, 5.74) is 8.71. The summed E-state index contributed by atoms with van der Waals surface area (Å²) < 4.78 is 0. The van der Waals surface area contributed by atoms with E-state index in [1.54, 1.807) is 17.8 Å². The monoisotopic (exact) mass is 310 g/mol. The minimum absolute atomic E-state index is 0.199. The highest BCUT2D eigenvalue weighted by Gasteiger charge is 2.11. The number of rotatable bonds is 4. The van der Waals surface area contributed by atoms with E-state index in [0.29, 0.717) is 17.9 Å². The Morgan fingerprint density at radius 3 is 2.95 bits per heavy atom. The molecule has 0 saturated carbocycles. The first-order valence-corrected chi connectivity index (χ1v) is 7.59. The van der Waals surface area contributed by atoms with E-state index in [1.807, 2.05) is 36.4 Å². The van der Waals surface area contributed by atoms with Crippen molar-refractivity contribution in [1.82, 2.24) is 15.3 Å². The van der Waals surface area contributed by atoms with Crippen LogP contribution in [0.25, 0.3) is 10.6 Å². The van der Waals surface area contributed by atoms with Gasteiger partial charge in [-0.15, -0.1) is 11.3 Å². The average Bonchev–Trinajstić information content (AvgIpc) is 3.04. The molecule has 0 bridgehead atoms. The molecule has 0 aliphatic heterocycles. The summed E-state index contributed by atoms with van der Waals surface area (Å²) in [6.45, 7) is 0.428. The van der Waals surface area contributed by atoms with E-state index in [9.17, 15) is 4.79 Å². The van der Waals surface area contributed by atoms with Crippen LogP contribution in [0.1, 0.15) is 16.1 Å². The fourth-order valence-electron chi connectivity index (χ4n) is 1.96. The number of hydrogen-bond acceptors (Lipinski definition) is 5. The van der Waals surface area contributed by atoms with Gasteiger partial charge in [-0.05, 0) is 23.8 Å². The van der Waals surface area contributed by atoms with E-state index >= 15 is 0 Å². The van der Waals surface area contributed by atoms with E-state index in [1.165, 1.54) is 11.3 Å². The van der Waals surface area contributed by atoms with Crippen LogP contribution in [0.5, 0.6) is 0 Å². The number of benzene rings is 1. The first-order chi connectivity index (χ1) is 10.7. The van der Waals surface area contributed by atoms with Gasteiger partial charge >= 0.3 is 0 Å². The van der Waals surface area contributed by atoms with Crippen molar-refractivity contribution in [1.29, 1.82) is 0 Å². The van der Waals surface area contributed by atoms with Crippen LogP contribution in [0, 0.1) is 0 Å². The molecule has 5 nitrogen and oxygen atoms in total. The molecule has 0 spiro atoms. The van der Waals surface area contributed by atoms with Gasteiger partial charge in [-0.25, -0.2) is 4.98 Å². The van der Waals surface area contributed by atoms with Gasteiger partial charge in [-0.3, -0.25) is 9.78 Å². The van der Waals surface area contributed by atoms with Crippen LogP contribution >= 0.6 is 11.3 Å². The van der Waals surface area contributed by atoms with Crippen molar-refractivity contribution in [2.24, 2.45) is 0 Å². The maximum atomic E-state index is 12.1. The van der Waals surface area contributed by atoms with E-state index in [4.69, 9.17) is 5.73 Å². The van der Waals surface area contributed by atoms with Crippen molar-refractivity contribution in [2.45, 2.75) is 6.54 Å². The van der Waals surface area contributed by atoms with Gasteiger partial charge in [0.15, 0.2) is 0 Å². The van der Waals surface area contributed by atoms with E-state index in [0.717, 1.165) is 16.1 Å². The molecule has 0 unspecified atom stereocenters. The molecule has 0 saturated heterocycles. The fraction of sp³-hybridized carbons (Fsp3) is 0.0625. The molecule has 0 aliphatic rings. The fourth-order valence-corrected chi connectivity index (χ4v) is 2.76. The Balaban J connectivity index is 1.69. The first-order valence-electron chi connectivity index (χ1n) is 6.71. The summed E-state index contributed by atoms with van der Waals surface area (Å²) in [4.78, 5) is 20.5. The number of aromatic nitrogens is 2. The standard InChI is InChI=1S/C16H14N4OS/c17-13-5-1-4-12(7-13)16-20-14(10-22-16)15(21)19-9-11-3-2-6-18-8-11/h1-8,10H,9,17H2,(H,19,21). The van der Waals surface area contributed by atoms with Crippen LogP contribution in [0.4, 0.5) is 5.69 Å². The number of nitrogens with one attached hydrogen (secondary N) is 1. The quantitative estimate of drug-likeness (QED) is 0.726. The number of hydrogen-bond donors (Lipinski definition) is 2. The summed E-state index contributed by atoms with van der Waals surface area (Å²) in [5, 5.41) is 5.36. The molecule has 2 aromatic heterocycles. The molecule has 3 aromatic rings. The number of thiazole rings is 1. The first kappa shape index (κ1) is 14.2. The second kappa shape index (κ2) is 6.36. The molecular formula is C16H14N4OS. The average molecular weight is 310 g/mol. The zero-order chi connectivity index (χ0) is 15.4. The third-order valence-corrected chi connectivity index (χ3v) is 3.94. The Bertz CT molecular complexity index is 786. The van der Waals surface area contributed by atoms with Crippen molar-refractivity contribution in [3.8, 4) is 10.6 Å². The molecule has 0 atom stereocenters. The largest absolute Gasteiger partial charge is 0.399 e. The van der Waals surface area contributed by atoms with Gasteiger partial charge < -0.3 is 11.1 Å². The van der Waals surface area contributed by atoms with Gasteiger partial charge in [-0.2, -0.15) is 0 Å². The zero-order valence-electron chi connectivity index (χ0n) is 11.7. The van der Waals surface area contributed by atoms with Crippen LogP contribution in [0.2, 0.25) is 0 Å². The minimum Gasteiger partial charge on any atom is -0.399 e. The van der Waals surface area contributed by atoms with Crippen LogP contribution in [0.3, 0.4) is 0 Å². The number of nitrogens with two attached hydrogens (primary N) is 1. The van der Waals surface area contributed by atoms with Crippen LogP contribution < -0.4 is 11.1 Å². The third-order valence-electron chi connectivity index (χ3n) is 3.05. The Morgan fingerprint density at radius 1 is 1.27 bits per heavy atom. The van der Waals surface area contributed by atoms with E-state index in [2.05, 4.69) is 15.3 Å². The van der Waals surface area contributed by atoms with Gasteiger partial charge in [0.2, 0.25) is 0 Å². The van der Waals surface area contributed by atoms with E-state index in [-0.39, 0.29) is 5.91 Å². The molecule has 3 N–H and O–H groups in total. The molecule has 3 rings (SSSR count). The second-order valence-electron chi connectivity index (χ2n) is 4.71. The predicted octanol–water partition coefficient (Wildman–Crippen LogP) is 2.72. The molecule has 1 aromatic carbocycles. The van der Waals surface area contributed by atoms with Crippen LogP contribution in [0.15, 0.2) is 54.2 Å². The Kier molecular flexibility index (Phi) is 4.11. The van der Waals surface area contributed by atoms with Gasteiger partial charge in [0.25, 0.3) is 5.91 Å². The van der Waals surface area contributed by atoms with Crippen molar-refractivity contribution in [3.05, 3.63) is 65.4 Å². The Hall–Kier alpha value is -2.73. The predicted molar refractivity (Wildman–Crippen MR) is 87.4 cm³/mol. The van der Waals surface area contributed by atoms with E-state index < -0.39 is 0 Å². The van der Waals surface area contributed by atoms with Gasteiger partial charge in [-0.1, -0.05) is 18.2 Å². The number of nitrogens with zero attached hydrogens (tertiary/aromatic N) is 2. The molecule has 110 valence electrons. The highest BCUT2D eigenvalue weighted by atomic mass is 32.1. The number of carbonyl (C=O) groups excluding carboxylic acids is 1. The maximum Gasteiger partial charge on any atom is 0.271 e. The molecule has 22 heavy (non-hydrogen) atoms. The Labute approximate surface area is 131 Å². The Morgan fingerprint density at radius 2 is 2.18 bits per heavy atom. The molecule has 0 radical (unpaired) electrons. The summed E-state index contributed by atoms with van der Waals surface area (Å²) in [6.07, 6.45) is 3.42. The molecule has 1 amide bonds. The van der Waals surface area contributed by atoms with Crippen molar-refractivity contribution >= 4 is 22.9 Å². The zero-order valence-corrected chi connectivity index (χ0v) is 12.5. The summed E-state index contributed by atoms with van der Waals surface area (Å²) in [5.74, 6) is -0.199. The highest BCUT2D eigenvalue weighted by molar-refractivity contribution is 7.13. The van der Waals surface area contributed by atoms with Crippen LogP contribution in [-0.4, -0.2) is 15.9 Å². The number of pyridine rings is 1. The number of carbonyl (C=O) groups is 1. The number of anilines is 1. The smallest absolute Gasteiger partial charge is 0.271 e. The molecule has 0 aliphatic carbocycles. The summed E-state index contributed by atoms with van der Waals surface area (Å²) in [7, 11) is 0. The number of amides is 1. The SMILES string of the molecule is Nc1cccc(-c2nc(C(=O)NCc3cccnc3)cs2)c1. The summed E-state index contributed by atoms with van der Waals surface area (Å²) in [6, 6.07) is 11.2. The highest BCUT2D eigenvalue weighted by Crippen LogP contribution is 2.25. The van der Waals surface area contributed by atoms with Gasteiger partial charge in [0.1, 0.15) is 10.7 Å². The molecule has 0 fully saturated rings. The lowest BCUT2D eigenvalue weighted by Crippen LogP contribution is -2.23. The van der Waals surface area contributed by atoms with Crippen molar-refractivity contribution in [3.63, 3.8) is 0 Å². The normalized spacial score (nSPS) is 10.4.